The van der Waals surface area contributed by atoms with Gasteiger partial charge < -0.3 is 9.80 Å². The number of hydrogen-bond donors (Lipinski definition) is 0. The van der Waals surface area contributed by atoms with Crippen LogP contribution in [-0.4, -0.2) is 59.4 Å². The van der Waals surface area contributed by atoms with Gasteiger partial charge >= 0.3 is 0 Å². The fourth-order valence-corrected chi connectivity index (χ4v) is 4.77. The van der Waals surface area contributed by atoms with Gasteiger partial charge in [0.25, 0.3) is 0 Å². The van der Waals surface area contributed by atoms with Gasteiger partial charge in [0.15, 0.2) is 5.69 Å². The summed E-state index contributed by atoms with van der Waals surface area (Å²) in [6.07, 6.45) is 2.41. The Kier molecular flexibility index (Phi) is 4.78. The highest BCUT2D eigenvalue weighted by molar-refractivity contribution is 6.01. The Morgan fingerprint density at radius 1 is 1.39 bits per heavy atom. The summed E-state index contributed by atoms with van der Waals surface area (Å²) in [6, 6.07) is 8.97. The van der Waals surface area contributed by atoms with Gasteiger partial charge in [0.1, 0.15) is 6.04 Å². The number of benzene rings is 1. The van der Waals surface area contributed by atoms with Crippen LogP contribution in [-0.2, 0) is 9.59 Å². The molecule has 3 fully saturated rings. The van der Waals surface area contributed by atoms with Crippen LogP contribution in [0.5, 0.6) is 0 Å². The Bertz CT molecular complexity index is 868. The van der Waals surface area contributed by atoms with E-state index in [1.165, 1.54) is 0 Å². The zero-order valence-corrected chi connectivity index (χ0v) is 15.9. The van der Waals surface area contributed by atoms with Crippen molar-refractivity contribution in [2.75, 3.05) is 24.5 Å². The molecule has 7 heteroatoms. The van der Waals surface area contributed by atoms with E-state index in [9.17, 15) is 14.9 Å². The maximum Gasteiger partial charge on any atom is 0.244 e. The number of rotatable bonds is 4. The van der Waals surface area contributed by atoms with Gasteiger partial charge in [0.2, 0.25) is 11.8 Å². The first-order valence-electron chi connectivity index (χ1n) is 9.78. The van der Waals surface area contributed by atoms with Gasteiger partial charge in [0, 0.05) is 31.2 Å². The number of carbonyl (C=O) groups excluding carboxylic acids is 2. The Morgan fingerprint density at radius 3 is 2.79 bits per heavy atom. The summed E-state index contributed by atoms with van der Waals surface area (Å²) < 4.78 is 0. The minimum atomic E-state index is -0.305. The fourth-order valence-electron chi connectivity index (χ4n) is 4.77. The van der Waals surface area contributed by atoms with Gasteiger partial charge in [-0.25, -0.2) is 4.85 Å². The van der Waals surface area contributed by atoms with Crippen LogP contribution in [0.25, 0.3) is 4.85 Å². The molecular formula is C21H23N5O2. The normalized spacial score (nSPS) is 27.7. The molecular weight excluding hydrogens is 354 g/mol. The molecule has 3 saturated heterocycles. The summed E-state index contributed by atoms with van der Waals surface area (Å²) in [6.45, 7) is 10.9. The molecule has 0 saturated carbocycles. The van der Waals surface area contributed by atoms with E-state index in [1.54, 1.807) is 17.0 Å². The molecule has 3 heterocycles. The molecule has 2 amide bonds. The van der Waals surface area contributed by atoms with Crippen molar-refractivity contribution in [3.05, 3.63) is 35.7 Å². The topological polar surface area (TPSA) is 72.0 Å². The number of nitriles is 1. The summed E-state index contributed by atoms with van der Waals surface area (Å²) in [5, 5.41) is 9.22. The number of amides is 2. The van der Waals surface area contributed by atoms with Crippen molar-refractivity contribution >= 4 is 23.2 Å². The van der Waals surface area contributed by atoms with Crippen LogP contribution >= 0.6 is 0 Å². The maximum atomic E-state index is 12.9. The van der Waals surface area contributed by atoms with Crippen molar-refractivity contribution < 1.29 is 9.59 Å². The number of carbonyl (C=O) groups is 2. The molecule has 0 N–H and O–H groups in total. The molecule has 2 bridgehead atoms. The van der Waals surface area contributed by atoms with Gasteiger partial charge in [0.05, 0.1) is 24.7 Å². The maximum absolute atomic E-state index is 12.9. The lowest BCUT2D eigenvalue weighted by Gasteiger charge is -2.35. The molecule has 0 unspecified atom stereocenters. The van der Waals surface area contributed by atoms with Crippen LogP contribution in [0, 0.1) is 23.8 Å². The fraction of sp³-hybridized carbons (Fsp3) is 0.524. The SMILES string of the molecule is [C-]#[N+]c1ccc(N2C(=O)[C@H]3C[C@@H]2CN3C[C@H](C)C(=O)N2CCC[C@H]2C#N)cc1. The molecule has 0 aliphatic carbocycles. The van der Waals surface area contributed by atoms with Crippen molar-refractivity contribution in [2.45, 2.75) is 44.3 Å². The van der Waals surface area contributed by atoms with Gasteiger partial charge in [-0.3, -0.25) is 14.5 Å². The number of likely N-dealkylation sites (tertiary alicyclic amines) is 2. The molecule has 0 spiro atoms. The zero-order valence-electron chi connectivity index (χ0n) is 15.9. The van der Waals surface area contributed by atoms with E-state index in [-0.39, 0.29) is 35.9 Å². The minimum Gasteiger partial charge on any atom is -0.326 e. The third-order valence-corrected chi connectivity index (χ3v) is 6.14. The highest BCUT2D eigenvalue weighted by Crippen LogP contribution is 2.36. The summed E-state index contributed by atoms with van der Waals surface area (Å²) in [7, 11) is 0. The van der Waals surface area contributed by atoms with Crippen LogP contribution in [0.1, 0.15) is 26.2 Å². The average molecular weight is 377 g/mol. The molecule has 1 aromatic carbocycles. The lowest BCUT2D eigenvalue weighted by molar-refractivity contribution is -0.136. The van der Waals surface area contributed by atoms with E-state index in [0.29, 0.717) is 18.8 Å². The van der Waals surface area contributed by atoms with Crippen molar-refractivity contribution in [1.29, 1.82) is 5.26 Å². The predicted octanol–water partition coefficient (Wildman–Crippen LogP) is 2.18. The minimum absolute atomic E-state index is 0.0193. The first-order chi connectivity index (χ1) is 13.5. The molecule has 28 heavy (non-hydrogen) atoms. The third-order valence-electron chi connectivity index (χ3n) is 6.14. The van der Waals surface area contributed by atoms with E-state index in [1.807, 2.05) is 24.0 Å². The molecule has 0 aromatic heterocycles. The second kappa shape index (κ2) is 7.26. The molecule has 0 radical (unpaired) electrons. The highest BCUT2D eigenvalue weighted by Gasteiger charge is 2.50. The van der Waals surface area contributed by atoms with E-state index >= 15 is 0 Å². The first-order valence-corrected chi connectivity index (χ1v) is 9.78. The lowest BCUT2D eigenvalue weighted by Crippen LogP contribution is -2.52. The summed E-state index contributed by atoms with van der Waals surface area (Å²) in [5.74, 6) is -0.138. The molecule has 144 valence electrons. The summed E-state index contributed by atoms with van der Waals surface area (Å²) >= 11 is 0. The second-order valence-corrected chi connectivity index (χ2v) is 7.92. The Balaban J connectivity index is 1.40. The molecule has 1 aromatic rings. The number of piperazine rings is 1. The van der Waals surface area contributed by atoms with Crippen LogP contribution in [0.15, 0.2) is 24.3 Å². The lowest BCUT2D eigenvalue weighted by atomic mass is 10.1. The second-order valence-electron chi connectivity index (χ2n) is 7.92. The zero-order chi connectivity index (χ0) is 19.8. The molecule has 3 aliphatic rings. The number of anilines is 1. The highest BCUT2D eigenvalue weighted by atomic mass is 16.2. The van der Waals surface area contributed by atoms with Gasteiger partial charge in [-0.1, -0.05) is 19.1 Å². The van der Waals surface area contributed by atoms with Crippen LogP contribution in [0.4, 0.5) is 11.4 Å². The third kappa shape index (κ3) is 3.02. The number of nitrogens with zero attached hydrogens (tertiary/aromatic N) is 5. The number of hydrogen-bond acceptors (Lipinski definition) is 4. The average Bonchev–Trinajstić information content (AvgIpc) is 3.41. The molecule has 3 aliphatic heterocycles. The van der Waals surface area contributed by atoms with Crippen molar-refractivity contribution in [2.24, 2.45) is 5.92 Å². The Hall–Kier alpha value is -2.90. The monoisotopic (exact) mass is 377 g/mol. The summed E-state index contributed by atoms with van der Waals surface area (Å²) in [4.78, 5) is 34.7. The smallest absolute Gasteiger partial charge is 0.244 e. The van der Waals surface area contributed by atoms with Gasteiger partial charge in [-0.2, -0.15) is 5.26 Å². The number of fused-ring (bicyclic) bond motifs is 2. The predicted molar refractivity (Wildman–Crippen MR) is 103 cm³/mol. The van der Waals surface area contributed by atoms with E-state index < -0.39 is 0 Å². The Morgan fingerprint density at radius 2 is 2.14 bits per heavy atom. The molecule has 7 nitrogen and oxygen atoms in total. The van der Waals surface area contributed by atoms with Gasteiger partial charge in [-0.05, 0) is 31.4 Å². The van der Waals surface area contributed by atoms with Crippen molar-refractivity contribution in [3.8, 4) is 6.07 Å². The van der Waals surface area contributed by atoms with Crippen LogP contribution in [0.2, 0.25) is 0 Å². The van der Waals surface area contributed by atoms with Crippen molar-refractivity contribution in [3.63, 3.8) is 0 Å². The van der Waals surface area contributed by atoms with Crippen LogP contribution in [0.3, 0.4) is 0 Å². The van der Waals surface area contributed by atoms with Gasteiger partial charge in [-0.15, -0.1) is 0 Å². The van der Waals surface area contributed by atoms with E-state index in [0.717, 1.165) is 31.5 Å². The van der Waals surface area contributed by atoms with Crippen LogP contribution < -0.4 is 4.90 Å². The van der Waals surface area contributed by atoms with E-state index in [4.69, 9.17) is 6.57 Å². The quantitative estimate of drug-likeness (QED) is 0.754. The van der Waals surface area contributed by atoms with E-state index in [2.05, 4.69) is 15.8 Å². The first kappa shape index (κ1) is 18.5. The standard InChI is InChI=1S/C21H23N5O2/c1-14(20(27)25-9-3-4-17(25)11-22)12-24-13-18-10-19(24)21(28)26(18)16-7-5-15(23-2)6-8-16/h5-8,14,17-19H,3-4,9-10,12-13H2,1H3/t14-,17-,18+,19+/m0/s1. The van der Waals surface area contributed by atoms with Crippen molar-refractivity contribution in [1.82, 2.24) is 9.80 Å². The molecule has 4 atom stereocenters. The molecule has 4 rings (SSSR count). The summed E-state index contributed by atoms with van der Waals surface area (Å²) in [5.41, 5.74) is 1.40. The Labute approximate surface area is 164 Å². The largest absolute Gasteiger partial charge is 0.326 e.